The zero-order chi connectivity index (χ0) is 19.8. The SMILES string of the molecule is CCOC(=O)c1cc(-c2ccccc2)sc1NC(=O)CCOc1ccccc1. The summed E-state index contributed by atoms with van der Waals surface area (Å²) in [5.41, 5.74) is 1.34. The highest BCUT2D eigenvalue weighted by Gasteiger charge is 2.19. The second-order valence-electron chi connectivity index (χ2n) is 5.90. The number of nitrogens with one attached hydrogen (secondary N) is 1. The van der Waals surface area contributed by atoms with E-state index in [1.54, 1.807) is 13.0 Å². The molecule has 0 fully saturated rings. The van der Waals surface area contributed by atoms with Crippen LogP contribution in [0, 0.1) is 0 Å². The predicted molar refractivity (Wildman–Crippen MR) is 111 cm³/mol. The fraction of sp³-hybridized carbons (Fsp3) is 0.182. The Morgan fingerprint density at radius 3 is 2.36 bits per heavy atom. The summed E-state index contributed by atoms with van der Waals surface area (Å²) in [6, 6.07) is 20.8. The van der Waals surface area contributed by atoms with Gasteiger partial charge < -0.3 is 14.8 Å². The van der Waals surface area contributed by atoms with Gasteiger partial charge in [0.2, 0.25) is 5.91 Å². The Hall–Kier alpha value is -3.12. The first-order valence-electron chi connectivity index (χ1n) is 9.01. The second-order valence-corrected chi connectivity index (χ2v) is 6.95. The number of esters is 1. The number of thiophene rings is 1. The number of carbonyl (C=O) groups is 2. The smallest absolute Gasteiger partial charge is 0.341 e. The zero-order valence-electron chi connectivity index (χ0n) is 15.5. The number of anilines is 1. The molecule has 0 saturated carbocycles. The van der Waals surface area contributed by atoms with Crippen LogP contribution in [-0.2, 0) is 9.53 Å². The molecule has 2 aromatic carbocycles. The lowest BCUT2D eigenvalue weighted by Crippen LogP contribution is -2.16. The van der Waals surface area contributed by atoms with Crippen molar-refractivity contribution in [2.24, 2.45) is 0 Å². The zero-order valence-corrected chi connectivity index (χ0v) is 16.3. The molecule has 144 valence electrons. The van der Waals surface area contributed by atoms with Crippen LogP contribution in [0.25, 0.3) is 10.4 Å². The molecule has 0 spiro atoms. The van der Waals surface area contributed by atoms with Gasteiger partial charge in [0.05, 0.1) is 25.2 Å². The number of ether oxygens (including phenoxy) is 2. The van der Waals surface area contributed by atoms with Crippen molar-refractivity contribution in [3.63, 3.8) is 0 Å². The van der Waals surface area contributed by atoms with Gasteiger partial charge >= 0.3 is 5.97 Å². The topological polar surface area (TPSA) is 64.6 Å². The van der Waals surface area contributed by atoms with Crippen molar-refractivity contribution in [1.82, 2.24) is 0 Å². The van der Waals surface area contributed by atoms with Crippen LogP contribution >= 0.6 is 11.3 Å². The van der Waals surface area contributed by atoms with Crippen LogP contribution < -0.4 is 10.1 Å². The number of para-hydroxylation sites is 1. The standard InChI is InChI=1S/C22H21NO4S/c1-2-26-22(25)18-15-19(16-9-5-3-6-10-16)28-21(18)23-20(24)13-14-27-17-11-7-4-8-12-17/h3-12,15H,2,13-14H2,1H3,(H,23,24). The molecule has 0 bridgehead atoms. The van der Waals surface area contributed by atoms with Gasteiger partial charge in [-0.1, -0.05) is 48.5 Å². The molecule has 0 saturated heterocycles. The Bertz CT molecular complexity index is 922. The number of hydrogen-bond acceptors (Lipinski definition) is 5. The first kappa shape index (κ1) is 19.6. The summed E-state index contributed by atoms with van der Waals surface area (Å²) in [5.74, 6) is 0.0460. The molecule has 5 nitrogen and oxygen atoms in total. The predicted octanol–water partition coefficient (Wildman–Crippen LogP) is 5.00. The third kappa shape index (κ3) is 5.20. The van der Waals surface area contributed by atoms with E-state index in [9.17, 15) is 9.59 Å². The highest BCUT2D eigenvalue weighted by atomic mass is 32.1. The molecule has 0 aliphatic carbocycles. The van der Waals surface area contributed by atoms with Crippen LogP contribution in [0.2, 0.25) is 0 Å². The Balaban J connectivity index is 1.69. The van der Waals surface area contributed by atoms with Gasteiger partial charge in [-0.25, -0.2) is 4.79 Å². The van der Waals surface area contributed by atoms with Gasteiger partial charge in [0.1, 0.15) is 10.8 Å². The fourth-order valence-corrected chi connectivity index (χ4v) is 3.62. The fourth-order valence-electron chi connectivity index (χ4n) is 2.56. The van der Waals surface area contributed by atoms with E-state index in [0.717, 1.165) is 10.4 Å². The number of hydrogen-bond donors (Lipinski definition) is 1. The molecule has 0 atom stereocenters. The molecule has 28 heavy (non-hydrogen) atoms. The summed E-state index contributed by atoms with van der Waals surface area (Å²) < 4.78 is 10.7. The van der Waals surface area contributed by atoms with E-state index in [1.807, 2.05) is 60.7 Å². The third-order valence-electron chi connectivity index (χ3n) is 3.88. The van der Waals surface area contributed by atoms with Gasteiger partial charge in [0, 0.05) is 4.88 Å². The molecule has 0 aliphatic rings. The Kier molecular flexibility index (Phi) is 6.81. The monoisotopic (exact) mass is 395 g/mol. The first-order valence-corrected chi connectivity index (χ1v) is 9.83. The summed E-state index contributed by atoms with van der Waals surface area (Å²) in [5, 5.41) is 3.31. The molecule has 1 aromatic heterocycles. The lowest BCUT2D eigenvalue weighted by atomic mass is 10.1. The molecule has 1 heterocycles. The Morgan fingerprint density at radius 2 is 1.68 bits per heavy atom. The van der Waals surface area contributed by atoms with E-state index >= 15 is 0 Å². The van der Waals surface area contributed by atoms with E-state index < -0.39 is 5.97 Å². The highest BCUT2D eigenvalue weighted by Crippen LogP contribution is 2.36. The van der Waals surface area contributed by atoms with Crippen molar-refractivity contribution in [1.29, 1.82) is 0 Å². The molecule has 0 unspecified atom stereocenters. The maximum absolute atomic E-state index is 12.3. The first-order chi connectivity index (χ1) is 13.7. The van der Waals surface area contributed by atoms with Crippen LogP contribution in [0.1, 0.15) is 23.7 Å². The number of amides is 1. The van der Waals surface area contributed by atoms with Crippen LogP contribution in [0.4, 0.5) is 5.00 Å². The molecular formula is C22H21NO4S. The van der Waals surface area contributed by atoms with E-state index in [4.69, 9.17) is 9.47 Å². The van der Waals surface area contributed by atoms with Gasteiger partial charge in [0.25, 0.3) is 0 Å². The van der Waals surface area contributed by atoms with E-state index in [2.05, 4.69) is 5.32 Å². The lowest BCUT2D eigenvalue weighted by Gasteiger charge is -2.07. The van der Waals surface area contributed by atoms with E-state index in [-0.39, 0.29) is 25.5 Å². The number of benzene rings is 2. The van der Waals surface area contributed by atoms with Crippen LogP contribution in [0.15, 0.2) is 66.7 Å². The molecule has 6 heteroatoms. The minimum absolute atomic E-state index is 0.176. The van der Waals surface area contributed by atoms with Crippen LogP contribution in [-0.4, -0.2) is 25.1 Å². The van der Waals surface area contributed by atoms with Gasteiger partial charge in [-0.2, -0.15) is 0 Å². The van der Waals surface area contributed by atoms with Crippen molar-refractivity contribution in [3.05, 3.63) is 72.3 Å². The molecule has 1 amide bonds. The van der Waals surface area contributed by atoms with Crippen molar-refractivity contribution in [2.75, 3.05) is 18.5 Å². The lowest BCUT2D eigenvalue weighted by molar-refractivity contribution is -0.116. The summed E-state index contributed by atoms with van der Waals surface area (Å²) in [6.07, 6.45) is 0.176. The number of carbonyl (C=O) groups excluding carboxylic acids is 2. The molecule has 3 rings (SSSR count). The second kappa shape index (κ2) is 9.71. The Labute approximate surface area is 167 Å². The molecule has 0 aliphatic heterocycles. The quantitative estimate of drug-likeness (QED) is 0.545. The highest BCUT2D eigenvalue weighted by molar-refractivity contribution is 7.20. The molecule has 3 aromatic rings. The van der Waals surface area contributed by atoms with Crippen molar-refractivity contribution in [2.45, 2.75) is 13.3 Å². The van der Waals surface area contributed by atoms with Crippen molar-refractivity contribution in [3.8, 4) is 16.2 Å². The number of rotatable bonds is 8. The summed E-state index contributed by atoms with van der Waals surface area (Å²) in [4.78, 5) is 25.5. The largest absolute Gasteiger partial charge is 0.493 e. The Morgan fingerprint density at radius 1 is 1.00 bits per heavy atom. The van der Waals surface area contributed by atoms with Crippen molar-refractivity contribution < 1.29 is 19.1 Å². The van der Waals surface area contributed by atoms with Crippen LogP contribution in [0.5, 0.6) is 5.75 Å². The van der Waals surface area contributed by atoms with Crippen molar-refractivity contribution >= 4 is 28.2 Å². The van der Waals surface area contributed by atoms with Crippen LogP contribution in [0.3, 0.4) is 0 Å². The van der Waals surface area contributed by atoms with E-state index in [0.29, 0.717) is 16.3 Å². The summed E-state index contributed by atoms with van der Waals surface area (Å²) in [7, 11) is 0. The van der Waals surface area contributed by atoms with Gasteiger partial charge in [-0.3, -0.25) is 4.79 Å². The molecule has 0 radical (unpaired) electrons. The average Bonchev–Trinajstić information content (AvgIpc) is 3.13. The molecule has 1 N–H and O–H groups in total. The minimum atomic E-state index is -0.447. The average molecular weight is 395 g/mol. The maximum Gasteiger partial charge on any atom is 0.341 e. The van der Waals surface area contributed by atoms with E-state index in [1.165, 1.54) is 11.3 Å². The third-order valence-corrected chi connectivity index (χ3v) is 4.98. The summed E-state index contributed by atoms with van der Waals surface area (Å²) in [6.45, 7) is 2.27. The minimum Gasteiger partial charge on any atom is -0.493 e. The van der Waals surface area contributed by atoms with Gasteiger partial charge in [0.15, 0.2) is 0 Å². The van der Waals surface area contributed by atoms with Gasteiger partial charge in [-0.15, -0.1) is 11.3 Å². The van der Waals surface area contributed by atoms with Gasteiger partial charge in [-0.05, 0) is 30.7 Å². The normalized spacial score (nSPS) is 10.3. The molecular weight excluding hydrogens is 374 g/mol. The maximum atomic E-state index is 12.3. The summed E-state index contributed by atoms with van der Waals surface area (Å²) >= 11 is 1.35.